The minimum Gasteiger partial charge on any atom is -0.312 e. The highest BCUT2D eigenvalue weighted by molar-refractivity contribution is 4.83. The summed E-state index contributed by atoms with van der Waals surface area (Å²) >= 11 is 0. The smallest absolute Gasteiger partial charge is 0.0198 e. The molecular formula is C15H30N2. The zero-order valence-electron chi connectivity index (χ0n) is 11.8. The van der Waals surface area contributed by atoms with Crippen LogP contribution in [-0.4, -0.2) is 37.1 Å². The molecule has 17 heavy (non-hydrogen) atoms. The molecule has 2 atom stereocenters. The summed E-state index contributed by atoms with van der Waals surface area (Å²) in [6.45, 7) is 9.86. The lowest BCUT2D eigenvalue weighted by atomic mass is 9.95. The lowest BCUT2D eigenvalue weighted by molar-refractivity contribution is 0.147. The maximum Gasteiger partial charge on any atom is 0.0198 e. The Morgan fingerprint density at radius 1 is 1.18 bits per heavy atom. The van der Waals surface area contributed by atoms with E-state index in [1.54, 1.807) is 0 Å². The van der Waals surface area contributed by atoms with E-state index in [0.717, 1.165) is 17.9 Å². The van der Waals surface area contributed by atoms with E-state index in [4.69, 9.17) is 0 Å². The molecule has 2 rings (SSSR count). The molecule has 1 saturated heterocycles. The van der Waals surface area contributed by atoms with Crippen molar-refractivity contribution < 1.29 is 0 Å². The van der Waals surface area contributed by atoms with Gasteiger partial charge in [0.05, 0.1) is 0 Å². The van der Waals surface area contributed by atoms with Crippen LogP contribution in [0.1, 0.15) is 52.4 Å². The van der Waals surface area contributed by atoms with Crippen molar-refractivity contribution in [3.05, 3.63) is 0 Å². The van der Waals surface area contributed by atoms with Crippen molar-refractivity contribution in [2.45, 2.75) is 58.4 Å². The van der Waals surface area contributed by atoms with Crippen molar-refractivity contribution in [2.75, 3.05) is 26.2 Å². The van der Waals surface area contributed by atoms with Gasteiger partial charge in [0.2, 0.25) is 0 Å². The number of hydrogen-bond acceptors (Lipinski definition) is 2. The molecule has 1 heterocycles. The van der Waals surface area contributed by atoms with Crippen LogP contribution in [0, 0.1) is 11.8 Å². The van der Waals surface area contributed by atoms with Gasteiger partial charge in [-0.3, -0.25) is 0 Å². The molecule has 1 saturated carbocycles. The van der Waals surface area contributed by atoms with E-state index < -0.39 is 0 Å². The van der Waals surface area contributed by atoms with E-state index in [1.807, 2.05) is 0 Å². The lowest BCUT2D eigenvalue weighted by Crippen LogP contribution is -2.49. The summed E-state index contributed by atoms with van der Waals surface area (Å²) < 4.78 is 0. The third kappa shape index (κ3) is 4.26. The van der Waals surface area contributed by atoms with Gasteiger partial charge in [-0.05, 0) is 50.6 Å². The zero-order valence-corrected chi connectivity index (χ0v) is 11.8. The highest BCUT2D eigenvalue weighted by Gasteiger charge is 2.24. The van der Waals surface area contributed by atoms with Gasteiger partial charge >= 0.3 is 0 Å². The van der Waals surface area contributed by atoms with Crippen LogP contribution in [-0.2, 0) is 0 Å². The fourth-order valence-corrected chi connectivity index (χ4v) is 3.66. The predicted molar refractivity (Wildman–Crippen MR) is 74.3 cm³/mol. The molecule has 1 aliphatic carbocycles. The summed E-state index contributed by atoms with van der Waals surface area (Å²) in [6.07, 6.45) is 8.54. The molecule has 2 heteroatoms. The topological polar surface area (TPSA) is 15.3 Å². The first kappa shape index (κ1) is 13.4. The maximum atomic E-state index is 3.84. The van der Waals surface area contributed by atoms with E-state index in [2.05, 4.69) is 24.1 Å². The molecule has 0 spiro atoms. The van der Waals surface area contributed by atoms with Crippen LogP contribution in [0.15, 0.2) is 0 Å². The summed E-state index contributed by atoms with van der Waals surface area (Å²) in [5.41, 5.74) is 0. The van der Waals surface area contributed by atoms with Gasteiger partial charge in [-0.1, -0.05) is 26.7 Å². The number of hydrogen-bond donors (Lipinski definition) is 1. The summed E-state index contributed by atoms with van der Waals surface area (Å²) in [5.74, 6) is 1.85. The molecule has 0 bridgehead atoms. The van der Waals surface area contributed by atoms with Crippen molar-refractivity contribution in [2.24, 2.45) is 11.8 Å². The Morgan fingerprint density at radius 3 is 2.65 bits per heavy atom. The van der Waals surface area contributed by atoms with Crippen LogP contribution in [0.4, 0.5) is 0 Å². The van der Waals surface area contributed by atoms with Crippen LogP contribution in [0.3, 0.4) is 0 Å². The second-order valence-electron chi connectivity index (χ2n) is 6.36. The van der Waals surface area contributed by atoms with E-state index in [0.29, 0.717) is 0 Å². The first-order chi connectivity index (χ1) is 8.28. The van der Waals surface area contributed by atoms with Gasteiger partial charge in [-0.15, -0.1) is 0 Å². The van der Waals surface area contributed by atoms with Gasteiger partial charge in [0.25, 0.3) is 0 Å². The molecule has 2 aliphatic rings. The van der Waals surface area contributed by atoms with Crippen molar-refractivity contribution in [1.82, 2.24) is 10.2 Å². The third-order valence-electron chi connectivity index (χ3n) is 4.45. The highest BCUT2D eigenvalue weighted by Crippen LogP contribution is 2.24. The lowest BCUT2D eigenvalue weighted by Gasteiger charge is -2.37. The Kier molecular flexibility index (Phi) is 5.30. The third-order valence-corrected chi connectivity index (χ3v) is 4.45. The Hall–Kier alpha value is -0.0800. The molecule has 100 valence electrons. The molecule has 0 aromatic carbocycles. The Labute approximate surface area is 107 Å². The van der Waals surface area contributed by atoms with Crippen molar-refractivity contribution in [3.8, 4) is 0 Å². The summed E-state index contributed by atoms with van der Waals surface area (Å²) in [7, 11) is 0. The monoisotopic (exact) mass is 238 g/mol. The van der Waals surface area contributed by atoms with Gasteiger partial charge in [0.1, 0.15) is 0 Å². The number of nitrogens with zero attached hydrogens (tertiary/aromatic N) is 1. The normalized spacial score (nSPS) is 32.1. The Balaban J connectivity index is 1.71. The maximum absolute atomic E-state index is 3.84. The molecule has 2 fully saturated rings. The average Bonchev–Trinajstić information content (AvgIpc) is 2.79. The molecule has 0 aromatic heterocycles. The first-order valence-corrected chi connectivity index (χ1v) is 7.73. The van der Waals surface area contributed by atoms with Gasteiger partial charge in [0.15, 0.2) is 0 Å². The van der Waals surface area contributed by atoms with Crippen LogP contribution in [0.2, 0.25) is 0 Å². The van der Waals surface area contributed by atoms with Crippen molar-refractivity contribution >= 4 is 0 Å². The summed E-state index contributed by atoms with van der Waals surface area (Å²) in [6, 6.07) is 0.755. The SMILES string of the molecule is CCCN1CC(C)CC(NCC2CCCC2)C1. The quantitative estimate of drug-likeness (QED) is 0.792. The minimum absolute atomic E-state index is 0.755. The van der Waals surface area contributed by atoms with Gasteiger partial charge in [-0.25, -0.2) is 0 Å². The van der Waals surface area contributed by atoms with E-state index >= 15 is 0 Å². The molecule has 2 nitrogen and oxygen atoms in total. The molecular weight excluding hydrogens is 208 g/mol. The number of likely N-dealkylation sites (tertiary alicyclic amines) is 1. The molecule has 0 radical (unpaired) electrons. The van der Waals surface area contributed by atoms with Gasteiger partial charge in [-0.2, -0.15) is 0 Å². The van der Waals surface area contributed by atoms with E-state index in [1.165, 1.54) is 64.7 Å². The first-order valence-electron chi connectivity index (χ1n) is 7.73. The number of rotatable bonds is 5. The number of piperidine rings is 1. The number of nitrogens with one attached hydrogen (secondary N) is 1. The standard InChI is InChI=1S/C15H30N2/c1-3-8-17-11-13(2)9-15(12-17)16-10-14-6-4-5-7-14/h13-16H,3-12H2,1-2H3. The highest BCUT2D eigenvalue weighted by atomic mass is 15.2. The molecule has 2 unspecified atom stereocenters. The van der Waals surface area contributed by atoms with Crippen molar-refractivity contribution in [1.29, 1.82) is 0 Å². The van der Waals surface area contributed by atoms with Crippen LogP contribution < -0.4 is 5.32 Å². The van der Waals surface area contributed by atoms with E-state index in [-0.39, 0.29) is 0 Å². The zero-order chi connectivity index (χ0) is 12.1. The fourth-order valence-electron chi connectivity index (χ4n) is 3.66. The summed E-state index contributed by atoms with van der Waals surface area (Å²) in [4.78, 5) is 2.65. The Bertz CT molecular complexity index is 211. The van der Waals surface area contributed by atoms with Gasteiger partial charge < -0.3 is 10.2 Å². The second kappa shape index (κ2) is 6.75. The molecule has 0 aromatic rings. The van der Waals surface area contributed by atoms with E-state index in [9.17, 15) is 0 Å². The average molecular weight is 238 g/mol. The molecule has 1 N–H and O–H groups in total. The molecule has 1 aliphatic heterocycles. The fraction of sp³-hybridized carbons (Fsp3) is 1.00. The van der Waals surface area contributed by atoms with Crippen molar-refractivity contribution in [3.63, 3.8) is 0 Å². The van der Waals surface area contributed by atoms with Crippen LogP contribution in [0.25, 0.3) is 0 Å². The summed E-state index contributed by atoms with van der Waals surface area (Å²) in [5, 5.41) is 3.84. The Morgan fingerprint density at radius 2 is 1.94 bits per heavy atom. The predicted octanol–water partition coefficient (Wildman–Crippen LogP) is 2.89. The molecule has 0 amide bonds. The second-order valence-corrected chi connectivity index (χ2v) is 6.36. The van der Waals surface area contributed by atoms with Crippen LogP contribution in [0.5, 0.6) is 0 Å². The van der Waals surface area contributed by atoms with Gasteiger partial charge in [0, 0.05) is 19.1 Å². The van der Waals surface area contributed by atoms with Crippen LogP contribution >= 0.6 is 0 Å². The minimum atomic E-state index is 0.755. The largest absolute Gasteiger partial charge is 0.312 e.